The van der Waals surface area contributed by atoms with Crippen molar-refractivity contribution in [3.8, 4) is 0 Å². The molecule has 1 atom stereocenters. The molecule has 2 amide bonds. The SMILES string of the molecule is CNC(=O)C1CCCCN1C(=O)c1ccc(N)cc1Cl. The maximum atomic E-state index is 12.6. The Morgan fingerprint density at radius 2 is 2.15 bits per heavy atom. The Morgan fingerprint density at radius 3 is 2.80 bits per heavy atom. The summed E-state index contributed by atoms with van der Waals surface area (Å²) in [6.45, 7) is 0.567. The van der Waals surface area contributed by atoms with Crippen molar-refractivity contribution >= 4 is 29.1 Å². The van der Waals surface area contributed by atoms with Crippen LogP contribution in [0, 0.1) is 0 Å². The highest BCUT2D eigenvalue weighted by atomic mass is 35.5. The lowest BCUT2D eigenvalue weighted by atomic mass is 10.00. The zero-order valence-electron chi connectivity index (χ0n) is 11.4. The van der Waals surface area contributed by atoms with Gasteiger partial charge in [0.15, 0.2) is 0 Å². The molecule has 1 saturated heterocycles. The van der Waals surface area contributed by atoms with Gasteiger partial charge in [0, 0.05) is 19.3 Å². The largest absolute Gasteiger partial charge is 0.399 e. The highest BCUT2D eigenvalue weighted by Crippen LogP contribution is 2.25. The van der Waals surface area contributed by atoms with Crippen molar-refractivity contribution in [2.45, 2.75) is 25.3 Å². The van der Waals surface area contributed by atoms with E-state index >= 15 is 0 Å². The fourth-order valence-corrected chi connectivity index (χ4v) is 2.74. The number of nitrogens with zero attached hydrogens (tertiary/aromatic N) is 1. The second kappa shape index (κ2) is 6.13. The third kappa shape index (κ3) is 2.88. The van der Waals surface area contributed by atoms with Crippen LogP contribution in [-0.4, -0.2) is 36.3 Å². The van der Waals surface area contributed by atoms with Gasteiger partial charge in [0.25, 0.3) is 5.91 Å². The molecule has 1 fully saturated rings. The van der Waals surface area contributed by atoms with Gasteiger partial charge in [-0.2, -0.15) is 0 Å². The summed E-state index contributed by atoms with van der Waals surface area (Å²) in [4.78, 5) is 26.1. The van der Waals surface area contributed by atoms with Gasteiger partial charge in [-0.05, 0) is 37.5 Å². The lowest BCUT2D eigenvalue weighted by Crippen LogP contribution is -2.51. The van der Waals surface area contributed by atoms with Crippen molar-refractivity contribution in [1.29, 1.82) is 0 Å². The fraction of sp³-hybridized carbons (Fsp3) is 0.429. The molecule has 0 radical (unpaired) electrons. The number of halogens is 1. The predicted molar refractivity (Wildman–Crippen MR) is 78.6 cm³/mol. The highest BCUT2D eigenvalue weighted by molar-refractivity contribution is 6.34. The summed E-state index contributed by atoms with van der Waals surface area (Å²) in [5.41, 5.74) is 6.52. The fourth-order valence-electron chi connectivity index (χ4n) is 2.47. The number of hydrogen-bond donors (Lipinski definition) is 2. The molecule has 0 spiro atoms. The third-order valence-corrected chi connectivity index (χ3v) is 3.85. The Balaban J connectivity index is 2.27. The van der Waals surface area contributed by atoms with Gasteiger partial charge >= 0.3 is 0 Å². The van der Waals surface area contributed by atoms with E-state index in [-0.39, 0.29) is 11.8 Å². The molecule has 1 aromatic carbocycles. The zero-order valence-corrected chi connectivity index (χ0v) is 12.1. The van der Waals surface area contributed by atoms with Crippen molar-refractivity contribution in [3.05, 3.63) is 28.8 Å². The summed E-state index contributed by atoms with van der Waals surface area (Å²) in [5.74, 6) is -0.354. The molecule has 0 aromatic heterocycles. The molecule has 2 rings (SSSR count). The quantitative estimate of drug-likeness (QED) is 0.815. The van der Waals surface area contributed by atoms with Gasteiger partial charge in [-0.3, -0.25) is 9.59 Å². The molecular weight excluding hydrogens is 278 g/mol. The first-order valence-corrected chi connectivity index (χ1v) is 7.00. The molecule has 0 aliphatic carbocycles. The van der Waals surface area contributed by atoms with Crippen molar-refractivity contribution in [3.63, 3.8) is 0 Å². The number of carbonyl (C=O) groups excluding carboxylic acids is 2. The first-order chi connectivity index (χ1) is 9.54. The van der Waals surface area contributed by atoms with E-state index in [1.54, 1.807) is 30.1 Å². The number of likely N-dealkylation sites (N-methyl/N-ethyl adjacent to an activating group) is 1. The van der Waals surface area contributed by atoms with E-state index in [4.69, 9.17) is 17.3 Å². The van der Waals surface area contributed by atoms with E-state index in [2.05, 4.69) is 5.32 Å². The Morgan fingerprint density at radius 1 is 1.40 bits per heavy atom. The van der Waals surface area contributed by atoms with Crippen LogP contribution in [0.1, 0.15) is 29.6 Å². The van der Waals surface area contributed by atoms with Gasteiger partial charge in [0.2, 0.25) is 5.91 Å². The summed E-state index contributed by atoms with van der Waals surface area (Å²) in [5, 5.41) is 2.92. The smallest absolute Gasteiger partial charge is 0.256 e. The Hall–Kier alpha value is -1.75. The number of carbonyl (C=O) groups is 2. The number of likely N-dealkylation sites (tertiary alicyclic amines) is 1. The normalized spacial score (nSPS) is 18.7. The summed E-state index contributed by atoms with van der Waals surface area (Å²) >= 11 is 6.08. The van der Waals surface area contributed by atoms with Crippen LogP contribution in [0.25, 0.3) is 0 Å². The van der Waals surface area contributed by atoms with Crippen molar-refractivity contribution in [2.24, 2.45) is 0 Å². The number of anilines is 1. The number of rotatable bonds is 2. The van der Waals surface area contributed by atoms with Crippen LogP contribution in [0.3, 0.4) is 0 Å². The summed E-state index contributed by atoms with van der Waals surface area (Å²) in [7, 11) is 1.58. The minimum Gasteiger partial charge on any atom is -0.399 e. The topological polar surface area (TPSA) is 75.4 Å². The van der Waals surface area contributed by atoms with Crippen LogP contribution in [0.15, 0.2) is 18.2 Å². The summed E-state index contributed by atoms with van der Waals surface area (Å²) in [6.07, 6.45) is 2.52. The lowest BCUT2D eigenvalue weighted by molar-refractivity contribution is -0.126. The molecule has 20 heavy (non-hydrogen) atoms. The van der Waals surface area contributed by atoms with Crippen molar-refractivity contribution < 1.29 is 9.59 Å². The third-order valence-electron chi connectivity index (χ3n) is 3.54. The van der Waals surface area contributed by atoms with Crippen molar-refractivity contribution in [2.75, 3.05) is 19.3 Å². The van der Waals surface area contributed by atoms with E-state index in [1.165, 1.54) is 0 Å². The first kappa shape index (κ1) is 14.7. The number of nitrogens with two attached hydrogens (primary N) is 1. The van der Waals surface area contributed by atoms with Gasteiger partial charge in [-0.25, -0.2) is 0 Å². The maximum Gasteiger partial charge on any atom is 0.256 e. The molecule has 1 aliphatic heterocycles. The van der Waals surface area contributed by atoms with Crippen LogP contribution in [0.5, 0.6) is 0 Å². The molecule has 0 saturated carbocycles. The van der Waals surface area contributed by atoms with E-state index in [0.29, 0.717) is 29.2 Å². The minimum absolute atomic E-state index is 0.135. The van der Waals surface area contributed by atoms with Gasteiger partial charge < -0.3 is 16.0 Å². The Labute approximate surface area is 123 Å². The Bertz CT molecular complexity index is 533. The first-order valence-electron chi connectivity index (χ1n) is 6.62. The molecule has 0 bridgehead atoms. The molecule has 3 N–H and O–H groups in total. The number of hydrogen-bond acceptors (Lipinski definition) is 3. The van der Waals surface area contributed by atoms with E-state index in [0.717, 1.165) is 12.8 Å². The second-order valence-electron chi connectivity index (χ2n) is 4.86. The van der Waals surface area contributed by atoms with Crippen LogP contribution in [-0.2, 0) is 4.79 Å². The predicted octanol–water partition coefficient (Wildman–Crippen LogP) is 1.66. The van der Waals surface area contributed by atoms with E-state index in [9.17, 15) is 9.59 Å². The molecule has 1 aliphatic rings. The average molecular weight is 296 g/mol. The maximum absolute atomic E-state index is 12.6. The average Bonchev–Trinajstić information content (AvgIpc) is 2.46. The summed E-state index contributed by atoms with van der Waals surface area (Å²) < 4.78 is 0. The number of nitrogen functional groups attached to an aromatic ring is 1. The van der Waals surface area contributed by atoms with E-state index < -0.39 is 6.04 Å². The number of nitrogens with one attached hydrogen (secondary N) is 1. The Kier molecular flexibility index (Phi) is 4.49. The van der Waals surface area contributed by atoms with Gasteiger partial charge in [0.1, 0.15) is 6.04 Å². The van der Waals surface area contributed by atoms with Gasteiger partial charge in [-0.1, -0.05) is 11.6 Å². The van der Waals surface area contributed by atoms with Gasteiger partial charge in [-0.15, -0.1) is 0 Å². The second-order valence-corrected chi connectivity index (χ2v) is 5.27. The zero-order chi connectivity index (χ0) is 14.7. The standard InChI is InChI=1S/C14H18ClN3O2/c1-17-13(19)12-4-2-3-7-18(12)14(20)10-6-5-9(16)8-11(10)15/h5-6,8,12H,2-4,7,16H2,1H3,(H,17,19). The van der Waals surface area contributed by atoms with Crippen LogP contribution in [0.2, 0.25) is 5.02 Å². The molecular formula is C14H18ClN3O2. The number of piperidine rings is 1. The van der Waals surface area contributed by atoms with Crippen LogP contribution < -0.4 is 11.1 Å². The molecule has 5 nitrogen and oxygen atoms in total. The summed E-state index contributed by atoms with van der Waals surface area (Å²) in [6, 6.07) is 4.37. The highest BCUT2D eigenvalue weighted by Gasteiger charge is 2.32. The molecule has 1 aromatic rings. The lowest BCUT2D eigenvalue weighted by Gasteiger charge is -2.34. The molecule has 108 valence electrons. The molecule has 6 heteroatoms. The molecule has 1 heterocycles. The van der Waals surface area contributed by atoms with Gasteiger partial charge in [0.05, 0.1) is 10.6 Å². The number of amides is 2. The number of benzene rings is 1. The minimum atomic E-state index is -0.421. The molecule has 1 unspecified atom stereocenters. The van der Waals surface area contributed by atoms with Crippen LogP contribution in [0.4, 0.5) is 5.69 Å². The van der Waals surface area contributed by atoms with Crippen LogP contribution >= 0.6 is 11.6 Å². The van der Waals surface area contributed by atoms with E-state index in [1.807, 2.05) is 0 Å². The van der Waals surface area contributed by atoms with Crippen molar-refractivity contribution in [1.82, 2.24) is 10.2 Å². The monoisotopic (exact) mass is 295 g/mol.